The Balaban J connectivity index is 1.57. The second-order valence-corrected chi connectivity index (χ2v) is 5.43. The van der Waals surface area contributed by atoms with E-state index in [4.69, 9.17) is 4.42 Å². The van der Waals surface area contributed by atoms with Crippen molar-refractivity contribution in [3.05, 3.63) is 36.3 Å². The average molecular weight is 272 g/mol. The van der Waals surface area contributed by atoms with Gasteiger partial charge in [0.25, 0.3) is 11.8 Å². The zero-order valence-electron chi connectivity index (χ0n) is 10.5. The Morgan fingerprint density at radius 2 is 1.85 bits per heavy atom. The van der Waals surface area contributed by atoms with Gasteiger partial charge in [0.1, 0.15) is 0 Å². The van der Waals surface area contributed by atoms with E-state index in [0.29, 0.717) is 0 Å². The van der Waals surface area contributed by atoms with Crippen LogP contribution in [-0.2, 0) is 9.59 Å². The fourth-order valence-corrected chi connectivity index (χ4v) is 3.58. The molecule has 6 nitrogen and oxygen atoms in total. The molecule has 4 atom stereocenters. The van der Waals surface area contributed by atoms with Crippen LogP contribution in [0.1, 0.15) is 17.0 Å². The summed E-state index contributed by atoms with van der Waals surface area (Å²) in [4.78, 5) is 36.5. The molecule has 1 aromatic heterocycles. The normalized spacial score (nSPS) is 33.9. The Kier molecular flexibility index (Phi) is 2.19. The number of hydrogen-bond acceptors (Lipinski definition) is 4. The maximum atomic E-state index is 12.3. The quantitative estimate of drug-likeness (QED) is 0.636. The molecule has 0 aromatic carbocycles. The topological polar surface area (TPSA) is 79.6 Å². The van der Waals surface area contributed by atoms with Gasteiger partial charge in [0.05, 0.1) is 18.1 Å². The number of nitrogens with one attached hydrogen (secondary N) is 1. The summed E-state index contributed by atoms with van der Waals surface area (Å²) in [6.07, 6.45) is 6.25. The average Bonchev–Trinajstić information content (AvgIpc) is 3.18. The third-order valence-corrected chi connectivity index (χ3v) is 4.43. The molecule has 20 heavy (non-hydrogen) atoms. The number of fused-ring (bicyclic) bond motifs is 5. The van der Waals surface area contributed by atoms with E-state index >= 15 is 0 Å². The SMILES string of the molecule is O=C(NN1C(=O)[C@@H]2[C@@H](C1=O)[C@H]1C=C[C@H]2C1)c1ccco1. The van der Waals surface area contributed by atoms with E-state index in [2.05, 4.69) is 5.43 Å². The molecule has 3 amide bonds. The lowest BCUT2D eigenvalue weighted by Gasteiger charge is -2.17. The molecule has 0 spiro atoms. The monoisotopic (exact) mass is 272 g/mol. The van der Waals surface area contributed by atoms with Gasteiger partial charge in [-0.05, 0) is 30.4 Å². The molecule has 102 valence electrons. The van der Waals surface area contributed by atoms with E-state index in [1.165, 1.54) is 12.3 Å². The molecular weight excluding hydrogens is 260 g/mol. The van der Waals surface area contributed by atoms with Crippen LogP contribution >= 0.6 is 0 Å². The van der Waals surface area contributed by atoms with Crippen molar-refractivity contribution >= 4 is 17.7 Å². The molecule has 3 aliphatic rings. The van der Waals surface area contributed by atoms with E-state index in [9.17, 15) is 14.4 Å². The van der Waals surface area contributed by atoms with E-state index < -0.39 is 5.91 Å². The first-order valence-electron chi connectivity index (χ1n) is 6.57. The van der Waals surface area contributed by atoms with Gasteiger partial charge < -0.3 is 4.42 Å². The van der Waals surface area contributed by atoms with Crippen LogP contribution in [0.15, 0.2) is 35.0 Å². The predicted molar refractivity (Wildman–Crippen MR) is 65.7 cm³/mol. The van der Waals surface area contributed by atoms with Crippen LogP contribution in [0.25, 0.3) is 0 Å². The van der Waals surface area contributed by atoms with Gasteiger partial charge in [-0.2, -0.15) is 5.01 Å². The van der Waals surface area contributed by atoms with Gasteiger partial charge in [-0.15, -0.1) is 0 Å². The molecule has 1 N–H and O–H groups in total. The number of hydrazine groups is 1. The van der Waals surface area contributed by atoms with Crippen molar-refractivity contribution in [1.29, 1.82) is 0 Å². The summed E-state index contributed by atoms with van der Waals surface area (Å²) in [5.74, 6) is -1.49. The minimum absolute atomic E-state index is 0.0729. The highest BCUT2D eigenvalue weighted by molar-refractivity contribution is 6.08. The summed E-state index contributed by atoms with van der Waals surface area (Å²) in [6, 6.07) is 3.05. The van der Waals surface area contributed by atoms with Gasteiger partial charge in [-0.3, -0.25) is 19.8 Å². The van der Waals surface area contributed by atoms with Crippen LogP contribution in [0.5, 0.6) is 0 Å². The summed E-state index contributed by atoms with van der Waals surface area (Å²) >= 11 is 0. The van der Waals surface area contributed by atoms with Gasteiger partial charge in [-0.1, -0.05) is 12.2 Å². The largest absolute Gasteiger partial charge is 0.459 e. The number of hydrogen-bond donors (Lipinski definition) is 1. The summed E-state index contributed by atoms with van der Waals surface area (Å²) in [6.45, 7) is 0. The summed E-state index contributed by atoms with van der Waals surface area (Å²) in [7, 11) is 0. The van der Waals surface area contributed by atoms with Gasteiger partial charge in [0, 0.05) is 0 Å². The first-order chi connectivity index (χ1) is 9.66. The lowest BCUT2D eigenvalue weighted by atomic mass is 9.85. The van der Waals surface area contributed by atoms with Crippen LogP contribution in [0.4, 0.5) is 0 Å². The minimum Gasteiger partial charge on any atom is -0.459 e. The highest BCUT2D eigenvalue weighted by Gasteiger charge is 2.59. The number of rotatable bonds is 2. The Bertz CT molecular complexity index is 604. The highest BCUT2D eigenvalue weighted by Crippen LogP contribution is 2.52. The molecule has 0 unspecified atom stereocenters. The third kappa shape index (κ3) is 1.36. The zero-order valence-corrected chi connectivity index (χ0v) is 10.5. The van der Waals surface area contributed by atoms with Crippen molar-refractivity contribution < 1.29 is 18.8 Å². The standard InChI is InChI=1S/C14H12N2O4/c17-12(9-2-1-5-20-9)15-16-13(18)10-7-3-4-8(6-7)11(10)14(16)19/h1-5,7-8,10-11H,6H2,(H,15,17)/t7-,8-,10-,11-/m0/s1. The van der Waals surface area contributed by atoms with Gasteiger partial charge in [0.2, 0.25) is 0 Å². The Labute approximate surface area is 114 Å². The molecule has 1 aliphatic heterocycles. The van der Waals surface area contributed by atoms with Crippen molar-refractivity contribution in [1.82, 2.24) is 10.4 Å². The molecule has 0 radical (unpaired) electrons. The highest BCUT2D eigenvalue weighted by atomic mass is 16.3. The molecule has 2 bridgehead atoms. The van der Waals surface area contributed by atoms with Crippen molar-refractivity contribution in [3.8, 4) is 0 Å². The van der Waals surface area contributed by atoms with E-state index in [-0.39, 0.29) is 41.2 Å². The maximum Gasteiger partial charge on any atom is 0.305 e. The maximum absolute atomic E-state index is 12.3. The molecular formula is C14H12N2O4. The Morgan fingerprint density at radius 1 is 1.20 bits per heavy atom. The second-order valence-electron chi connectivity index (χ2n) is 5.43. The van der Waals surface area contributed by atoms with E-state index in [1.54, 1.807) is 6.07 Å². The first-order valence-corrected chi connectivity index (χ1v) is 6.57. The number of carbonyl (C=O) groups excluding carboxylic acids is 3. The predicted octanol–water partition coefficient (Wildman–Crippen LogP) is 0.732. The molecule has 1 aromatic rings. The molecule has 4 rings (SSSR count). The first kappa shape index (κ1) is 11.5. The minimum atomic E-state index is -0.586. The Hall–Kier alpha value is -2.37. The van der Waals surface area contributed by atoms with E-state index in [0.717, 1.165) is 11.4 Å². The molecule has 1 saturated heterocycles. The fourth-order valence-electron chi connectivity index (χ4n) is 3.58. The number of furan rings is 1. The number of allylic oxidation sites excluding steroid dienone is 2. The molecule has 2 fully saturated rings. The lowest BCUT2D eigenvalue weighted by molar-refractivity contribution is -0.143. The number of carbonyl (C=O) groups is 3. The van der Waals surface area contributed by atoms with Crippen LogP contribution < -0.4 is 5.43 Å². The number of amides is 3. The van der Waals surface area contributed by atoms with Gasteiger partial charge in [0.15, 0.2) is 5.76 Å². The van der Waals surface area contributed by atoms with Crippen molar-refractivity contribution in [2.24, 2.45) is 23.7 Å². The van der Waals surface area contributed by atoms with Gasteiger partial charge >= 0.3 is 5.91 Å². The third-order valence-electron chi connectivity index (χ3n) is 4.43. The van der Waals surface area contributed by atoms with Crippen LogP contribution in [0, 0.1) is 23.7 Å². The molecule has 6 heteroatoms. The Morgan fingerprint density at radius 3 is 2.40 bits per heavy atom. The summed E-state index contributed by atoms with van der Waals surface area (Å²) in [5.41, 5.74) is 2.35. The summed E-state index contributed by atoms with van der Waals surface area (Å²) < 4.78 is 4.95. The number of nitrogens with zero attached hydrogens (tertiary/aromatic N) is 1. The lowest BCUT2D eigenvalue weighted by Crippen LogP contribution is -2.47. The van der Waals surface area contributed by atoms with E-state index in [1.807, 2.05) is 12.2 Å². The van der Waals surface area contributed by atoms with Crippen molar-refractivity contribution in [2.75, 3.05) is 0 Å². The van der Waals surface area contributed by atoms with Crippen molar-refractivity contribution in [2.45, 2.75) is 6.42 Å². The van der Waals surface area contributed by atoms with Gasteiger partial charge in [-0.25, -0.2) is 0 Å². The fraction of sp³-hybridized carbons (Fsp3) is 0.357. The smallest absolute Gasteiger partial charge is 0.305 e. The van der Waals surface area contributed by atoms with Crippen molar-refractivity contribution in [3.63, 3.8) is 0 Å². The molecule has 2 heterocycles. The summed E-state index contributed by atoms with van der Waals surface area (Å²) in [5, 5.41) is 0.867. The second kappa shape index (κ2) is 3.82. The zero-order chi connectivity index (χ0) is 13.9. The van der Waals surface area contributed by atoms with Crippen LogP contribution in [0.3, 0.4) is 0 Å². The van der Waals surface area contributed by atoms with Crippen LogP contribution in [0.2, 0.25) is 0 Å². The number of imide groups is 1. The molecule has 1 saturated carbocycles. The van der Waals surface area contributed by atoms with Crippen LogP contribution in [-0.4, -0.2) is 22.7 Å². The molecule has 2 aliphatic carbocycles.